The molecule has 2 fully saturated rings. The van der Waals surface area contributed by atoms with Crippen molar-refractivity contribution in [2.45, 2.75) is 6.42 Å². The number of fused-ring (bicyclic) bond motifs is 3. The predicted octanol–water partition coefficient (Wildman–Crippen LogP) is 6.90. The molecular weight excluding hydrogens is 629 g/mol. The summed E-state index contributed by atoms with van der Waals surface area (Å²) >= 11 is 13.6. The highest BCUT2D eigenvalue weighted by Crippen LogP contribution is 2.48. The van der Waals surface area contributed by atoms with E-state index in [2.05, 4.69) is 21.8 Å². The van der Waals surface area contributed by atoms with Gasteiger partial charge in [0.25, 0.3) is 0 Å². The number of amides is 1. The van der Waals surface area contributed by atoms with E-state index in [0.717, 1.165) is 54.9 Å². The van der Waals surface area contributed by atoms with Gasteiger partial charge in [-0.05, 0) is 30.7 Å². The SMILES string of the molecule is C=CC(=O)Nc1cc(-c2cc3c(cn2)cc(-c2c(Cl)c(OC)cc(OC)c2Cl)c2nccn23)c(OC)cc1N1CCC2(COC2)C1. The Morgan fingerprint density at radius 2 is 1.74 bits per heavy atom. The van der Waals surface area contributed by atoms with Gasteiger partial charge in [0.1, 0.15) is 22.9 Å². The van der Waals surface area contributed by atoms with Crippen LogP contribution in [0.15, 0.2) is 61.6 Å². The van der Waals surface area contributed by atoms with E-state index in [1.165, 1.54) is 20.3 Å². The van der Waals surface area contributed by atoms with Gasteiger partial charge in [0.05, 0.1) is 67.2 Å². The number of hydrogen-bond donors (Lipinski definition) is 1. The molecule has 1 spiro atoms. The van der Waals surface area contributed by atoms with Crippen molar-refractivity contribution in [2.24, 2.45) is 5.41 Å². The van der Waals surface area contributed by atoms with E-state index in [1.54, 1.807) is 25.6 Å². The summed E-state index contributed by atoms with van der Waals surface area (Å²) in [4.78, 5) is 24.3. The van der Waals surface area contributed by atoms with Crippen molar-refractivity contribution in [3.05, 3.63) is 71.6 Å². The zero-order valence-electron chi connectivity index (χ0n) is 25.5. The maximum Gasteiger partial charge on any atom is 0.247 e. The van der Waals surface area contributed by atoms with Crippen LogP contribution in [0.3, 0.4) is 0 Å². The molecular formula is C34H31Cl2N5O5. The first-order valence-corrected chi connectivity index (χ1v) is 15.4. The van der Waals surface area contributed by atoms with Crippen LogP contribution in [0.25, 0.3) is 38.9 Å². The standard InChI is InChI=1S/C34H31Cl2N5O5/c1-5-29(42)39-23-11-20(26(43-2)13-25(23)40-8-6-34(16-40)17-46-18-34)22-12-24-19(15-38-22)10-21(33-37-7-9-41(24)33)30-31(35)27(44-3)14-28(45-4)32(30)36/h5,7,9-15H,1,6,8,16-18H2,2-4H3,(H,39,42). The van der Waals surface area contributed by atoms with E-state index in [0.29, 0.717) is 55.4 Å². The first-order chi connectivity index (χ1) is 22.3. The smallest absolute Gasteiger partial charge is 0.247 e. The molecule has 0 saturated carbocycles. The molecule has 12 heteroatoms. The third-order valence-corrected chi connectivity index (χ3v) is 9.58. The number of imidazole rings is 1. The van der Waals surface area contributed by atoms with Crippen LogP contribution in [0.1, 0.15) is 6.42 Å². The highest BCUT2D eigenvalue weighted by Gasteiger charge is 2.45. The maximum absolute atomic E-state index is 12.6. The number of nitrogens with one attached hydrogen (secondary N) is 1. The molecule has 1 N–H and O–H groups in total. The third-order valence-electron chi connectivity index (χ3n) is 8.83. The second kappa shape index (κ2) is 11.7. The van der Waals surface area contributed by atoms with E-state index in [9.17, 15) is 4.79 Å². The number of rotatable bonds is 8. The topological polar surface area (TPSA) is 99.5 Å². The van der Waals surface area contributed by atoms with Crippen LogP contribution in [0, 0.1) is 5.41 Å². The summed E-state index contributed by atoms with van der Waals surface area (Å²) in [6, 6.07) is 9.45. The van der Waals surface area contributed by atoms with Gasteiger partial charge in [0.2, 0.25) is 5.91 Å². The fourth-order valence-electron chi connectivity index (χ4n) is 6.40. The first-order valence-electron chi connectivity index (χ1n) is 14.6. The lowest BCUT2D eigenvalue weighted by atomic mass is 9.85. The van der Waals surface area contributed by atoms with Gasteiger partial charge in [0.15, 0.2) is 0 Å². The van der Waals surface area contributed by atoms with Crippen molar-refractivity contribution in [3.8, 4) is 39.6 Å². The minimum atomic E-state index is -0.302. The molecule has 2 aromatic carbocycles. The average Bonchev–Trinajstić information content (AvgIpc) is 3.74. The van der Waals surface area contributed by atoms with Crippen molar-refractivity contribution < 1.29 is 23.7 Å². The number of methoxy groups -OCH3 is 3. The summed E-state index contributed by atoms with van der Waals surface area (Å²) in [5, 5.41) is 4.51. The number of benzene rings is 2. The summed E-state index contributed by atoms with van der Waals surface area (Å²) in [5.74, 6) is 1.18. The molecule has 46 heavy (non-hydrogen) atoms. The number of carbonyl (C=O) groups is 1. The molecule has 5 heterocycles. The van der Waals surface area contributed by atoms with Crippen molar-refractivity contribution in [2.75, 3.05) is 57.8 Å². The fraction of sp³-hybridized carbons (Fsp3) is 0.265. The zero-order valence-corrected chi connectivity index (χ0v) is 27.0. The van der Waals surface area contributed by atoms with Crippen LogP contribution in [0.4, 0.5) is 11.4 Å². The maximum atomic E-state index is 12.6. The monoisotopic (exact) mass is 659 g/mol. The number of aromatic nitrogens is 3. The number of ether oxygens (including phenoxy) is 4. The van der Waals surface area contributed by atoms with E-state index >= 15 is 0 Å². The minimum Gasteiger partial charge on any atom is -0.496 e. The molecule has 10 nitrogen and oxygen atoms in total. The largest absolute Gasteiger partial charge is 0.496 e. The summed E-state index contributed by atoms with van der Waals surface area (Å²) in [6.45, 7) is 6.84. The lowest BCUT2D eigenvalue weighted by Crippen LogP contribution is -2.44. The summed E-state index contributed by atoms with van der Waals surface area (Å²) in [5.41, 5.74) is 5.76. The average molecular weight is 661 g/mol. The minimum absolute atomic E-state index is 0.158. The fourth-order valence-corrected chi connectivity index (χ4v) is 7.10. The Balaban J connectivity index is 1.37. The number of halogens is 2. The molecule has 1 amide bonds. The lowest BCUT2D eigenvalue weighted by Gasteiger charge is -2.38. The van der Waals surface area contributed by atoms with Crippen molar-refractivity contribution in [3.63, 3.8) is 0 Å². The summed E-state index contributed by atoms with van der Waals surface area (Å²) < 4.78 is 24.4. The Hall–Kier alpha value is -4.51. The molecule has 7 rings (SSSR count). The van der Waals surface area contributed by atoms with Crippen molar-refractivity contribution in [1.29, 1.82) is 0 Å². The molecule has 5 aromatic rings. The predicted molar refractivity (Wildman–Crippen MR) is 180 cm³/mol. The molecule has 3 aromatic heterocycles. The lowest BCUT2D eigenvalue weighted by molar-refractivity contribution is -0.111. The molecule has 0 atom stereocenters. The zero-order chi connectivity index (χ0) is 32.2. The van der Waals surface area contributed by atoms with Gasteiger partial charge in [-0.2, -0.15) is 0 Å². The Kier molecular flexibility index (Phi) is 7.67. The molecule has 0 aliphatic carbocycles. The molecule has 2 aliphatic heterocycles. The van der Waals surface area contributed by atoms with Gasteiger partial charge < -0.3 is 29.2 Å². The quantitative estimate of drug-likeness (QED) is 0.180. The number of nitrogens with zero attached hydrogens (tertiary/aromatic N) is 4. The van der Waals surface area contributed by atoms with E-state index in [1.807, 2.05) is 34.9 Å². The molecule has 0 radical (unpaired) electrons. The normalized spacial score (nSPS) is 15.3. The Labute approximate surface area is 275 Å². The summed E-state index contributed by atoms with van der Waals surface area (Å²) in [7, 11) is 4.71. The van der Waals surface area contributed by atoms with Gasteiger partial charge in [-0.25, -0.2) is 4.98 Å². The van der Waals surface area contributed by atoms with Gasteiger partial charge in [0, 0.05) is 71.3 Å². The number of hydrogen-bond acceptors (Lipinski definition) is 8. The molecule has 0 unspecified atom stereocenters. The van der Waals surface area contributed by atoms with Crippen LogP contribution in [-0.2, 0) is 9.53 Å². The molecule has 2 saturated heterocycles. The van der Waals surface area contributed by atoms with Crippen LogP contribution >= 0.6 is 23.2 Å². The number of carbonyl (C=O) groups excluding carboxylic acids is 1. The van der Waals surface area contributed by atoms with Crippen LogP contribution in [0.5, 0.6) is 17.2 Å². The van der Waals surface area contributed by atoms with Gasteiger partial charge in [-0.1, -0.05) is 29.8 Å². The van der Waals surface area contributed by atoms with E-state index < -0.39 is 0 Å². The van der Waals surface area contributed by atoms with Gasteiger partial charge >= 0.3 is 0 Å². The summed E-state index contributed by atoms with van der Waals surface area (Å²) in [6.07, 6.45) is 7.65. The Morgan fingerprint density at radius 1 is 1.00 bits per heavy atom. The van der Waals surface area contributed by atoms with E-state index in [-0.39, 0.29) is 11.3 Å². The number of anilines is 2. The Bertz CT molecular complexity index is 2010. The molecule has 0 bridgehead atoms. The highest BCUT2D eigenvalue weighted by molar-refractivity contribution is 6.41. The van der Waals surface area contributed by atoms with Gasteiger partial charge in [-0.15, -0.1) is 0 Å². The molecule has 236 valence electrons. The highest BCUT2D eigenvalue weighted by atomic mass is 35.5. The van der Waals surface area contributed by atoms with Crippen LogP contribution in [-0.4, -0.2) is 67.9 Å². The third kappa shape index (κ3) is 4.88. The molecule has 2 aliphatic rings. The van der Waals surface area contributed by atoms with Gasteiger partial charge in [-0.3, -0.25) is 14.2 Å². The second-order valence-corrected chi connectivity index (χ2v) is 12.3. The van der Waals surface area contributed by atoms with Crippen molar-refractivity contribution in [1.82, 2.24) is 14.4 Å². The van der Waals surface area contributed by atoms with Crippen LogP contribution in [0.2, 0.25) is 10.0 Å². The van der Waals surface area contributed by atoms with E-state index in [4.69, 9.17) is 47.1 Å². The van der Waals surface area contributed by atoms with Crippen LogP contribution < -0.4 is 24.4 Å². The second-order valence-electron chi connectivity index (χ2n) is 11.5. The Morgan fingerprint density at radius 3 is 2.37 bits per heavy atom. The first kappa shape index (κ1) is 30.2. The number of pyridine rings is 2. The van der Waals surface area contributed by atoms with Crippen molar-refractivity contribution >= 4 is 57.0 Å².